The van der Waals surface area contributed by atoms with Crippen molar-refractivity contribution in [1.82, 2.24) is 25.9 Å². The van der Waals surface area contributed by atoms with Gasteiger partial charge in [0.05, 0.1) is 12.1 Å². The van der Waals surface area contributed by atoms with E-state index in [1.165, 1.54) is 5.69 Å². The number of rotatable bonds is 10. The summed E-state index contributed by atoms with van der Waals surface area (Å²) in [6.07, 6.45) is 0.598. The van der Waals surface area contributed by atoms with Gasteiger partial charge in [-0.1, -0.05) is 78.9 Å². The van der Waals surface area contributed by atoms with E-state index < -0.39 is 0 Å². The first-order valence-electron chi connectivity index (χ1n) is 19.5. The number of fused-ring (bicyclic) bond motifs is 4. The predicted octanol–water partition coefficient (Wildman–Crippen LogP) is 8.92. The third-order valence-corrected chi connectivity index (χ3v) is 11.7. The Kier molecular flexibility index (Phi) is 9.16. The van der Waals surface area contributed by atoms with Gasteiger partial charge in [0.1, 0.15) is 0 Å². The van der Waals surface area contributed by atoms with Gasteiger partial charge in [-0.2, -0.15) is 0 Å². The van der Waals surface area contributed by atoms with Crippen LogP contribution in [0.5, 0.6) is 0 Å². The monoisotopic (exact) mass is 738 g/mol. The number of aryl methyl sites for hydroxylation is 2. The maximum absolute atomic E-state index is 14.3. The van der Waals surface area contributed by atoms with E-state index in [9.17, 15) is 9.59 Å². The van der Waals surface area contributed by atoms with Crippen molar-refractivity contribution in [3.8, 4) is 0 Å². The first-order chi connectivity index (χ1) is 27.2. The quantitative estimate of drug-likeness (QED) is 0.0838. The number of nitrogens with two attached hydrogens (primary N) is 1. The van der Waals surface area contributed by atoms with E-state index in [0.717, 1.165) is 90.0 Å². The lowest BCUT2D eigenvalue weighted by atomic mass is 9.91. The summed E-state index contributed by atoms with van der Waals surface area (Å²) in [5, 5.41) is 16.6. The molecule has 8 heteroatoms. The molecule has 2 aromatic heterocycles. The predicted molar refractivity (Wildman–Crippen MR) is 227 cm³/mol. The van der Waals surface area contributed by atoms with Crippen LogP contribution in [0, 0.1) is 13.8 Å². The van der Waals surface area contributed by atoms with Crippen molar-refractivity contribution in [2.24, 2.45) is 5.73 Å². The standard InChI is InChI=1S/C48H46N6O2/c1-27-16-33-20-36(24-49)52-44(33)22-41(27)47(55)51-29(3)37-12-7-10-32-18-30(14-15-39(32)37)19-46(40-13-6-9-31-8-4-5-11-38(31)40)54-48(56)42-23-45-34(17-28(42)2)21-43(53-45)35-25-50-26-35/h4-18,20-23,29,35,46,50,52-53H,19,24-26,49H2,1-3H3,(H,51,55)(H,54,56)/t29-,46-/m1/s1. The summed E-state index contributed by atoms with van der Waals surface area (Å²) in [5.41, 5.74) is 16.3. The van der Waals surface area contributed by atoms with E-state index in [1.54, 1.807) is 0 Å². The van der Waals surface area contributed by atoms with Crippen molar-refractivity contribution >= 4 is 55.2 Å². The molecule has 8 aromatic rings. The molecular formula is C48H46N6O2. The minimum atomic E-state index is -0.288. The fraction of sp³-hybridized carbons (Fsp3) is 0.208. The molecular weight excluding hydrogens is 693 g/mol. The Bertz CT molecular complexity index is 2800. The highest BCUT2D eigenvalue weighted by Gasteiger charge is 2.24. The first-order valence-corrected chi connectivity index (χ1v) is 19.5. The largest absolute Gasteiger partial charge is 0.358 e. The van der Waals surface area contributed by atoms with Gasteiger partial charge < -0.3 is 31.7 Å². The highest BCUT2D eigenvalue weighted by atomic mass is 16.2. The minimum absolute atomic E-state index is 0.0955. The number of carbonyl (C=O) groups excluding carboxylic acids is 2. The number of H-pyrrole nitrogens is 2. The van der Waals surface area contributed by atoms with Gasteiger partial charge >= 0.3 is 0 Å². The summed E-state index contributed by atoms with van der Waals surface area (Å²) in [6.45, 7) is 8.37. The molecule has 1 saturated heterocycles. The van der Waals surface area contributed by atoms with Gasteiger partial charge in [0.15, 0.2) is 0 Å². The maximum atomic E-state index is 14.3. The number of nitrogens with one attached hydrogen (secondary N) is 5. The Balaban J connectivity index is 1.00. The van der Waals surface area contributed by atoms with Gasteiger partial charge in [0.2, 0.25) is 0 Å². The highest BCUT2D eigenvalue weighted by molar-refractivity contribution is 6.01. The number of hydrogen-bond acceptors (Lipinski definition) is 4. The van der Waals surface area contributed by atoms with Crippen LogP contribution in [0.1, 0.15) is 84.8 Å². The second kappa shape index (κ2) is 14.5. The fourth-order valence-corrected chi connectivity index (χ4v) is 8.48. The molecule has 0 spiro atoms. The minimum Gasteiger partial charge on any atom is -0.358 e. The average molecular weight is 739 g/mol. The lowest BCUT2D eigenvalue weighted by Gasteiger charge is -2.25. The molecule has 1 fully saturated rings. The maximum Gasteiger partial charge on any atom is 0.252 e. The molecule has 0 aliphatic carbocycles. The van der Waals surface area contributed by atoms with Crippen LogP contribution in [-0.2, 0) is 13.0 Å². The van der Waals surface area contributed by atoms with Crippen LogP contribution in [0.4, 0.5) is 0 Å². The SMILES string of the molecule is Cc1cc2cc(CN)[nH]c2cc1C(=O)N[C@H](C)c1cccc2cc(C[C@@H](NC(=O)c3cc4[nH]c(C5CNC5)cc4cc3C)c3cccc4ccccc34)ccc12. The van der Waals surface area contributed by atoms with E-state index in [2.05, 4.69) is 105 Å². The van der Waals surface area contributed by atoms with Crippen molar-refractivity contribution in [2.45, 2.75) is 51.7 Å². The fourth-order valence-electron chi connectivity index (χ4n) is 8.48. The Hall–Kier alpha value is -6.22. The third kappa shape index (κ3) is 6.61. The van der Waals surface area contributed by atoms with Gasteiger partial charge in [0, 0.05) is 59.1 Å². The number of amides is 2. The second-order valence-corrected chi connectivity index (χ2v) is 15.5. The van der Waals surface area contributed by atoms with Gasteiger partial charge in [-0.3, -0.25) is 9.59 Å². The molecule has 2 amide bonds. The molecule has 7 N–H and O–H groups in total. The molecule has 56 heavy (non-hydrogen) atoms. The molecule has 0 bridgehead atoms. The summed E-state index contributed by atoms with van der Waals surface area (Å²) in [6, 6.07) is 39.2. The number of aromatic nitrogens is 2. The normalized spacial score (nSPS) is 14.3. The summed E-state index contributed by atoms with van der Waals surface area (Å²) in [5.74, 6) is 0.267. The first kappa shape index (κ1) is 35.5. The van der Waals surface area contributed by atoms with E-state index >= 15 is 0 Å². The molecule has 1 aliphatic rings. The van der Waals surface area contributed by atoms with Crippen molar-refractivity contribution in [1.29, 1.82) is 0 Å². The van der Waals surface area contributed by atoms with Crippen molar-refractivity contribution in [3.63, 3.8) is 0 Å². The molecule has 6 aromatic carbocycles. The van der Waals surface area contributed by atoms with Crippen LogP contribution < -0.4 is 21.7 Å². The summed E-state index contributed by atoms with van der Waals surface area (Å²) in [7, 11) is 0. The van der Waals surface area contributed by atoms with Crippen molar-refractivity contribution in [3.05, 3.63) is 166 Å². The van der Waals surface area contributed by atoms with E-state index in [0.29, 0.717) is 30.0 Å². The van der Waals surface area contributed by atoms with Gasteiger partial charge in [-0.05, 0) is 124 Å². The van der Waals surface area contributed by atoms with Crippen LogP contribution in [-0.4, -0.2) is 34.9 Å². The number of aromatic amines is 2. The van der Waals surface area contributed by atoms with Gasteiger partial charge in [-0.25, -0.2) is 0 Å². The zero-order valence-corrected chi connectivity index (χ0v) is 31.9. The highest BCUT2D eigenvalue weighted by Crippen LogP contribution is 2.32. The van der Waals surface area contributed by atoms with Gasteiger partial charge in [-0.15, -0.1) is 0 Å². The second-order valence-electron chi connectivity index (χ2n) is 15.5. The topological polar surface area (TPSA) is 128 Å². The number of carbonyl (C=O) groups is 2. The molecule has 9 rings (SSSR count). The lowest BCUT2D eigenvalue weighted by Crippen LogP contribution is -2.40. The van der Waals surface area contributed by atoms with Crippen LogP contribution in [0.2, 0.25) is 0 Å². The zero-order chi connectivity index (χ0) is 38.5. The van der Waals surface area contributed by atoms with Crippen LogP contribution in [0.25, 0.3) is 43.4 Å². The lowest BCUT2D eigenvalue weighted by molar-refractivity contribution is 0.0929. The molecule has 0 saturated carbocycles. The summed E-state index contributed by atoms with van der Waals surface area (Å²) in [4.78, 5) is 34.8. The zero-order valence-electron chi connectivity index (χ0n) is 31.9. The molecule has 3 heterocycles. The van der Waals surface area contributed by atoms with Crippen LogP contribution >= 0.6 is 0 Å². The molecule has 2 atom stereocenters. The average Bonchev–Trinajstić information content (AvgIpc) is 3.78. The van der Waals surface area contributed by atoms with Crippen LogP contribution in [0.3, 0.4) is 0 Å². The molecule has 280 valence electrons. The Morgan fingerprint density at radius 1 is 0.679 bits per heavy atom. The van der Waals surface area contributed by atoms with Gasteiger partial charge in [0.25, 0.3) is 11.8 Å². The van der Waals surface area contributed by atoms with Crippen molar-refractivity contribution < 1.29 is 9.59 Å². The molecule has 1 aliphatic heterocycles. The van der Waals surface area contributed by atoms with Crippen molar-refractivity contribution in [2.75, 3.05) is 13.1 Å². The van der Waals surface area contributed by atoms with E-state index in [1.807, 2.05) is 57.2 Å². The number of benzene rings is 6. The third-order valence-electron chi connectivity index (χ3n) is 11.7. The Labute approximate surface area is 325 Å². The Morgan fingerprint density at radius 2 is 1.32 bits per heavy atom. The van der Waals surface area contributed by atoms with E-state index in [4.69, 9.17) is 5.73 Å². The molecule has 0 unspecified atom stereocenters. The van der Waals surface area contributed by atoms with Crippen LogP contribution in [0.15, 0.2) is 115 Å². The summed E-state index contributed by atoms with van der Waals surface area (Å²) >= 11 is 0. The molecule has 0 radical (unpaired) electrons. The Morgan fingerprint density at radius 3 is 2.05 bits per heavy atom. The summed E-state index contributed by atoms with van der Waals surface area (Å²) < 4.78 is 0. The van der Waals surface area contributed by atoms with E-state index in [-0.39, 0.29) is 23.9 Å². The number of hydrogen-bond donors (Lipinski definition) is 6. The smallest absolute Gasteiger partial charge is 0.252 e. The molecule has 8 nitrogen and oxygen atoms in total.